The number of pyridine rings is 1. The Morgan fingerprint density at radius 3 is 2.21 bits per heavy atom. The predicted molar refractivity (Wildman–Crippen MR) is 128 cm³/mol. The summed E-state index contributed by atoms with van der Waals surface area (Å²) in [5, 5.41) is 4.10. The molecule has 1 aromatic heterocycles. The minimum Gasteiger partial charge on any atom is -0.324 e. The molecule has 29 heavy (non-hydrogen) atoms. The summed E-state index contributed by atoms with van der Waals surface area (Å²) in [6.07, 6.45) is 2.31. The fourth-order valence-corrected chi connectivity index (χ4v) is 9.69. The number of fused-ring (bicyclic) bond motifs is 1. The van der Waals surface area contributed by atoms with Gasteiger partial charge >= 0.3 is 0 Å². The smallest absolute Gasteiger partial charge is 0.231 e. The lowest BCUT2D eigenvalue weighted by atomic mass is 9.88. The van der Waals surface area contributed by atoms with E-state index in [-0.39, 0.29) is 5.91 Å². The van der Waals surface area contributed by atoms with Crippen molar-refractivity contribution in [2.24, 2.45) is 5.41 Å². The minimum absolute atomic E-state index is 0.0177. The third kappa shape index (κ3) is 4.90. The molecule has 0 saturated heterocycles. The lowest BCUT2D eigenvalue weighted by Gasteiger charge is -2.38. The first kappa shape index (κ1) is 23.2. The Balaban J connectivity index is 2.23. The van der Waals surface area contributed by atoms with E-state index < -0.39 is 13.5 Å². The van der Waals surface area contributed by atoms with Crippen LogP contribution in [0.3, 0.4) is 0 Å². The molecule has 0 aliphatic heterocycles. The van der Waals surface area contributed by atoms with Crippen LogP contribution in [0.15, 0.2) is 36.5 Å². The zero-order valence-corrected chi connectivity index (χ0v) is 20.3. The average molecular weight is 409 g/mol. The fourth-order valence-electron chi connectivity index (χ4n) is 4.43. The maximum absolute atomic E-state index is 13.0. The monoisotopic (exact) mass is 408 g/mol. The van der Waals surface area contributed by atoms with Crippen molar-refractivity contribution >= 4 is 30.6 Å². The van der Waals surface area contributed by atoms with Gasteiger partial charge in [0.15, 0.2) is 0 Å². The summed E-state index contributed by atoms with van der Waals surface area (Å²) in [4.78, 5) is 17.5. The molecule has 2 aromatic rings. The number of carbonyl (C=O) groups excluding carboxylic acids is 1. The number of anilines is 1. The Kier molecular flexibility index (Phi) is 7.29. The Morgan fingerprint density at radius 2 is 1.62 bits per heavy atom. The second-order valence-corrected chi connectivity index (χ2v) is 15.2. The molecule has 0 saturated carbocycles. The summed E-state index contributed by atoms with van der Waals surface area (Å²) in [5.74, 6) is 3.43. The van der Waals surface area contributed by atoms with Gasteiger partial charge in [0, 0.05) is 18.0 Å². The van der Waals surface area contributed by atoms with Gasteiger partial charge in [-0.25, -0.2) is 0 Å². The Bertz CT molecular complexity index is 892. The van der Waals surface area contributed by atoms with Crippen molar-refractivity contribution < 1.29 is 4.79 Å². The van der Waals surface area contributed by atoms with E-state index in [1.165, 1.54) is 0 Å². The first-order valence-corrected chi connectivity index (χ1v) is 12.9. The van der Waals surface area contributed by atoms with Crippen molar-refractivity contribution in [2.45, 2.75) is 78.4 Å². The van der Waals surface area contributed by atoms with Crippen LogP contribution in [0.25, 0.3) is 10.9 Å². The number of para-hydroxylation sites is 1. The fraction of sp³-hybridized carbons (Fsp3) is 0.520. The first-order chi connectivity index (χ1) is 13.5. The van der Waals surface area contributed by atoms with Crippen molar-refractivity contribution in [3.05, 3.63) is 36.5 Å². The summed E-state index contributed by atoms with van der Waals surface area (Å²) in [6.45, 7) is 17.8. The number of rotatable bonds is 6. The number of amides is 1. The summed E-state index contributed by atoms with van der Waals surface area (Å²) in [6, 6.07) is 9.76. The number of nitrogens with one attached hydrogen (secondary N) is 1. The highest BCUT2D eigenvalue weighted by Gasteiger charge is 2.41. The van der Waals surface area contributed by atoms with Gasteiger partial charge < -0.3 is 5.32 Å². The number of carbonyl (C=O) groups is 1. The van der Waals surface area contributed by atoms with E-state index in [0.717, 1.165) is 16.6 Å². The van der Waals surface area contributed by atoms with E-state index >= 15 is 0 Å². The maximum Gasteiger partial charge on any atom is 0.231 e. The molecule has 0 radical (unpaired) electrons. The maximum atomic E-state index is 13.0. The van der Waals surface area contributed by atoms with E-state index in [1.54, 1.807) is 6.20 Å². The number of benzene rings is 1. The van der Waals surface area contributed by atoms with E-state index in [1.807, 2.05) is 44.2 Å². The summed E-state index contributed by atoms with van der Waals surface area (Å²) >= 11 is 0. The highest BCUT2D eigenvalue weighted by atomic mass is 28.3. The second-order valence-electron chi connectivity index (χ2n) is 9.59. The normalized spacial score (nSPS) is 12.4. The molecule has 0 atom stereocenters. The van der Waals surface area contributed by atoms with Crippen LogP contribution >= 0.6 is 0 Å². The molecule has 0 bridgehead atoms. The number of aromatic nitrogens is 1. The molecular weight excluding hydrogens is 372 g/mol. The third-order valence-corrected chi connectivity index (χ3v) is 12.5. The lowest BCUT2D eigenvalue weighted by Crippen LogP contribution is -2.43. The SMILES string of the molecule is CC(C)[Si](C#CCC(C)(C)C(=O)Nc1cccc2cccnc12)(C(C)C)C(C)C. The molecule has 0 aliphatic carbocycles. The molecule has 0 fully saturated rings. The summed E-state index contributed by atoms with van der Waals surface area (Å²) < 4.78 is 0. The number of hydrogen-bond acceptors (Lipinski definition) is 2. The molecule has 3 nitrogen and oxygen atoms in total. The van der Waals surface area contributed by atoms with E-state index in [9.17, 15) is 4.79 Å². The van der Waals surface area contributed by atoms with E-state index in [2.05, 4.69) is 63.3 Å². The van der Waals surface area contributed by atoms with Crippen LogP contribution in [-0.2, 0) is 4.79 Å². The quantitative estimate of drug-likeness (QED) is 0.421. The molecule has 4 heteroatoms. The second kappa shape index (κ2) is 9.13. The molecular formula is C25H36N2OSi. The van der Waals surface area contributed by atoms with Gasteiger partial charge in [0.2, 0.25) is 5.91 Å². The van der Waals surface area contributed by atoms with E-state index in [0.29, 0.717) is 23.0 Å². The van der Waals surface area contributed by atoms with Crippen LogP contribution in [0.5, 0.6) is 0 Å². The van der Waals surface area contributed by atoms with Gasteiger partial charge in [0.1, 0.15) is 8.07 Å². The summed E-state index contributed by atoms with van der Waals surface area (Å²) in [5.41, 5.74) is 6.50. The van der Waals surface area contributed by atoms with Crippen molar-refractivity contribution in [3.8, 4) is 11.5 Å². The molecule has 156 valence electrons. The zero-order chi connectivity index (χ0) is 21.8. The average Bonchev–Trinajstić information content (AvgIpc) is 2.64. The Labute approximate surface area is 177 Å². The van der Waals surface area contributed by atoms with Gasteiger partial charge in [-0.15, -0.1) is 11.5 Å². The van der Waals surface area contributed by atoms with Crippen LogP contribution in [0.1, 0.15) is 61.8 Å². The van der Waals surface area contributed by atoms with Crippen LogP contribution in [-0.4, -0.2) is 19.0 Å². The molecule has 2 rings (SSSR count). The van der Waals surface area contributed by atoms with Crippen molar-refractivity contribution in [1.29, 1.82) is 0 Å². The van der Waals surface area contributed by atoms with Gasteiger partial charge in [-0.3, -0.25) is 9.78 Å². The minimum atomic E-state index is -1.78. The van der Waals surface area contributed by atoms with Crippen molar-refractivity contribution in [1.82, 2.24) is 4.98 Å². The molecule has 1 N–H and O–H groups in total. The van der Waals surface area contributed by atoms with Crippen LogP contribution < -0.4 is 5.32 Å². The highest BCUT2D eigenvalue weighted by molar-refractivity contribution is 6.90. The molecule has 1 amide bonds. The zero-order valence-electron chi connectivity index (χ0n) is 19.3. The Hall–Kier alpha value is -2.12. The van der Waals surface area contributed by atoms with Crippen molar-refractivity contribution in [2.75, 3.05) is 5.32 Å². The third-order valence-electron chi connectivity index (χ3n) is 6.20. The number of hydrogen-bond donors (Lipinski definition) is 1. The molecule has 0 unspecified atom stereocenters. The van der Waals surface area contributed by atoms with Gasteiger partial charge in [0.25, 0.3) is 0 Å². The van der Waals surface area contributed by atoms with Gasteiger partial charge in [-0.05, 0) is 28.8 Å². The number of nitrogens with zero attached hydrogens (tertiary/aromatic N) is 1. The van der Waals surface area contributed by atoms with Crippen LogP contribution in [0.4, 0.5) is 5.69 Å². The Morgan fingerprint density at radius 1 is 1.03 bits per heavy atom. The predicted octanol–water partition coefficient (Wildman–Crippen LogP) is 6.81. The van der Waals surface area contributed by atoms with Crippen molar-refractivity contribution in [3.63, 3.8) is 0 Å². The van der Waals surface area contributed by atoms with Gasteiger partial charge in [-0.1, -0.05) is 73.6 Å². The molecule has 0 aliphatic rings. The van der Waals surface area contributed by atoms with Gasteiger partial charge in [-0.2, -0.15) is 0 Å². The van der Waals surface area contributed by atoms with Crippen LogP contribution in [0.2, 0.25) is 16.6 Å². The lowest BCUT2D eigenvalue weighted by molar-refractivity contribution is -0.123. The standard InChI is InChI=1S/C25H36N2OSi/c1-18(2)29(19(3)4,20(5)6)17-11-15-25(7,8)24(28)27-22-14-9-12-21-13-10-16-26-23(21)22/h9-10,12-14,16,18-20H,15H2,1-8H3,(H,27,28). The highest BCUT2D eigenvalue weighted by Crippen LogP contribution is 2.41. The molecule has 1 heterocycles. The first-order valence-electron chi connectivity index (χ1n) is 10.7. The molecule has 1 aromatic carbocycles. The van der Waals surface area contributed by atoms with Gasteiger partial charge in [0.05, 0.1) is 16.6 Å². The largest absolute Gasteiger partial charge is 0.324 e. The van der Waals surface area contributed by atoms with E-state index in [4.69, 9.17) is 0 Å². The van der Waals surface area contributed by atoms with Crippen LogP contribution in [0, 0.1) is 16.9 Å². The molecule has 0 spiro atoms. The summed E-state index contributed by atoms with van der Waals surface area (Å²) in [7, 11) is -1.78. The topological polar surface area (TPSA) is 42.0 Å².